The van der Waals surface area contributed by atoms with Gasteiger partial charge in [0.1, 0.15) is 0 Å². The van der Waals surface area contributed by atoms with Crippen LogP contribution in [0.15, 0.2) is 18.2 Å². The predicted molar refractivity (Wildman–Crippen MR) is 50.8 cm³/mol. The van der Waals surface area contributed by atoms with E-state index in [-0.39, 0.29) is 11.1 Å². The number of carbonyl (C=O) groups excluding carboxylic acids is 1. The molecule has 0 saturated heterocycles. The summed E-state index contributed by atoms with van der Waals surface area (Å²) >= 11 is 5.65. The summed E-state index contributed by atoms with van der Waals surface area (Å²) in [6, 6.07) is 4.15. The van der Waals surface area contributed by atoms with Crippen LogP contribution in [0.5, 0.6) is 0 Å². The third-order valence-corrected chi connectivity index (χ3v) is 1.97. The second-order valence-corrected chi connectivity index (χ2v) is 3.08. The van der Waals surface area contributed by atoms with Gasteiger partial charge < -0.3 is 10.5 Å². The van der Waals surface area contributed by atoms with Crippen LogP contribution in [0.1, 0.15) is 22.3 Å². The molecular weight excluding hydrogens is 209 g/mol. The van der Waals surface area contributed by atoms with E-state index in [2.05, 4.69) is 4.74 Å². The van der Waals surface area contributed by atoms with Crippen molar-refractivity contribution >= 4 is 17.5 Å². The summed E-state index contributed by atoms with van der Waals surface area (Å²) in [4.78, 5) is 10.9. The molecule has 5 heteroatoms. The van der Waals surface area contributed by atoms with E-state index in [1.54, 1.807) is 0 Å². The van der Waals surface area contributed by atoms with Crippen LogP contribution in [0.25, 0.3) is 0 Å². The highest BCUT2D eigenvalue weighted by atomic mass is 35.5. The molecule has 14 heavy (non-hydrogen) atoms. The molecule has 0 aliphatic carbocycles. The van der Waals surface area contributed by atoms with E-state index in [0.29, 0.717) is 5.02 Å². The van der Waals surface area contributed by atoms with Gasteiger partial charge in [0.2, 0.25) is 12.3 Å². The first-order valence-corrected chi connectivity index (χ1v) is 4.20. The van der Waals surface area contributed by atoms with Gasteiger partial charge >= 0.3 is 0 Å². The Balaban J connectivity index is 3.22. The summed E-state index contributed by atoms with van der Waals surface area (Å²) in [7, 11) is 1.19. The Morgan fingerprint density at radius 2 is 2.29 bits per heavy atom. The zero-order chi connectivity index (χ0) is 10.7. The van der Waals surface area contributed by atoms with Gasteiger partial charge in [0.25, 0.3) is 0 Å². The molecule has 1 unspecified atom stereocenters. The van der Waals surface area contributed by atoms with Gasteiger partial charge in [0.05, 0.1) is 0 Å². The van der Waals surface area contributed by atoms with Gasteiger partial charge in [0, 0.05) is 23.3 Å². The molecule has 0 aromatic heterocycles. The predicted octanol–water partition coefficient (Wildman–Crippen LogP) is 2.05. The largest absolute Gasteiger partial charge is 0.366 e. The third-order valence-electron chi connectivity index (χ3n) is 1.73. The maximum atomic E-state index is 13.2. The lowest BCUT2D eigenvalue weighted by atomic mass is 10.1. The van der Waals surface area contributed by atoms with E-state index in [9.17, 15) is 9.18 Å². The van der Waals surface area contributed by atoms with Crippen LogP contribution in [0.4, 0.5) is 4.39 Å². The molecule has 0 bridgehead atoms. The third kappa shape index (κ3) is 2.21. The highest BCUT2D eigenvalue weighted by molar-refractivity contribution is 6.30. The number of carbonyl (C=O) groups is 1. The van der Waals surface area contributed by atoms with E-state index < -0.39 is 12.3 Å². The van der Waals surface area contributed by atoms with Gasteiger partial charge in [-0.05, 0) is 18.2 Å². The number of benzene rings is 1. The van der Waals surface area contributed by atoms with Crippen LogP contribution in [-0.4, -0.2) is 13.0 Å². The van der Waals surface area contributed by atoms with Crippen LogP contribution < -0.4 is 5.73 Å². The average Bonchev–Trinajstić information content (AvgIpc) is 2.16. The van der Waals surface area contributed by atoms with E-state index >= 15 is 0 Å². The monoisotopic (exact) mass is 217 g/mol. The Kier molecular flexibility index (Phi) is 3.43. The molecule has 0 aliphatic rings. The fourth-order valence-corrected chi connectivity index (χ4v) is 1.25. The molecule has 1 atom stereocenters. The molecular formula is C9H9ClFNO2. The average molecular weight is 218 g/mol. The number of amides is 1. The SMILES string of the molecule is COC(F)c1cc(Cl)ccc1C(N)=O. The van der Waals surface area contributed by atoms with Crippen molar-refractivity contribution in [2.75, 3.05) is 7.11 Å². The molecule has 1 amide bonds. The molecule has 0 aliphatic heterocycles. The lowest BCUT2D eigenvalue weighted by Gasteiger charge is -2.10. The Labute approximate surface area is 85.6 Å². The van der Waals surface area contributed by atoms with Crippen molar-refractivity contribution in [3.63, 3.8) is 0 Å². The summed E-state index contributed by atoms with van der Waals surface area (Å²) in [5.41, 5.74) is 5.17. The summed E-state index contributed by atoms with van der Waals surface area (Å²) < 4.78 is 17.6. The smallest absolute Gasteiger partial charge is 0.249 e. The summed E-state index contributed by atoms with van der Waals surface area (Å²) in [5.74, 6) is -0.712. The fraction of sp³-hybridized carbons (Fsp3) is 0.222. The Bertz CT molecular complexity index is 357. The van der Waals surface area contributed by atoms with E-state index in [0.717, 1.165) is 0 Å². The molecule has 0 spiro atoms. The van der Waals surface area contributed by atoms with Crippen LogP contribution >= 0.6 is 11.6 Å². The normalized spacial score (nSPS) is 12.5. The van der Waals surface area contributed by atoms with Crippen LogP contribution in [0.2, 0.25) is 5.02 Å². The van der Waals surface area contributed by atoms with Crippen molar-refractivity contribution < 1.29 is 13.9 Å². The second kappa shape index (κ2) is 4.39. The fourth-order valence-electron chi connectivity index (χ4n) is 1.07. The summed E-state index contributed by atoms with van der Waals surface area (Å²) in [6.45, 7) is 0. The van der Waals surface area contributed by atoms with E-state index in [1.807, 2.05) is 0 Å². The molecule has 1 aromatic carbocycles. The number of hydrogen-bond acceptors (Lipinski definition) is 2. The number of halogens is 2. The van der Waals surface area contributed by atoms with Crippen molar-refractivity contribution in [2.45, 2.75) is 6.36 Å². The molecule has 0 saturated carbocycles. The van der Waals surface area contributed by atoms with Crippen molar-refractivity contribution in [2.24, 2.45) is 5.73 Å². The van der Waals surface area contributed by atoms with Gasteiger partial charge in [-0.1, -0.05) is 11.6 Å². The molecule has 1 rings (SSSR count). The Morgan fingerprint density at radius 3 is 2.79 bits per heavy atom. The van der Waals surface area contributed by atoms with Crippen LogP contribution in [-0.2, 0) is 4.74 Å². The number of nitrogens with two attached hydrogens (primary N) is 1. The maximum Gasteiger partial charge on any atom is 0.249 e. The van der Waals surface area contributed by atoms with Crippen molar-refractivity contribution in [3.05, 3.63) is 34.3 Å². The van der Waals surface area contributed by atoms with Crippen molar-refractivity contribution in [1.82, 2.24) is 0 Å². The zero-order valence-electron chi connectivity index (χ0n) is 7.46. The first-order chi connectivity index (χ1) is 6.56. The molecule has 0 fully saturated rings. The van der Waals surface area contributed by atoms with Gasteiger partial charge in [-0.3, -0.25) is 4.79 Å². The lowest BCUT2D eigenvalue weighted by molar-refractivity contribution is -0.00714. The molecule has 0 radical (unpaired) electrons. The highest BCUT2D eigenvalue weighted by Gasteiger charge is 2.16. The van der Waals surface area contributed by atoms with Crippen LogP contribution in [0.3, 0.4) is 0 Å². The molecule has 76 valence electrons. The Morgan fingerprint density at radius 1 is 1.64 bits per heavy atom. The van der Waals surface area contributed by atoms with Crippen LogP contribution in [0, 0.1) is 0 Å². The lowest BCUT2D eigenvalue weighted by Crippen LogP contribution is -2.15. The maximum absolute atomic E-state index is 13.2. The second-order valence-electron chi connectivity index (χ2n) is 2.65. The number of methoxy groups -OCH3 is 1. The van der Waals surface area contributed by atoms with Crippen molar-refractivity contribution in [1.29, 1.82) is 0 Å². The van der Waals surface area contributed by atoms with Crippen molar-refractivity contribution in [3.8, 4) is 0 Å². The molecule has 1 aromatic rings. The van der Waals surface area contributed by atoms with Gasteiger partial charge in [-0.15, -0.1) is 0 Å². The quantitative estimate of drug-likeness (QED) is 0.843. The Hall–Kier alpha value is -1.13. The number of alkyl halides is 1. The van der Waals surface area contributed by atoms with E-state index in [4.69, 9.17) is 17.3 Å². The van der Waals surface area contributed by atoms with E-state index in [1.165, 1.54) is 25.3 Å². The topological polar surface area (TPSA) is 52.3 Å². The number of rotatable bonds is 3. The minimum absolute atomic E-state index is 0.0486. The highest BCUT2D eigenvalue weighted by Crippen LogP contribution is 2.25. The van der Waals surface area contributed by atoms with Gasteiger partial charge in [-0.25, -0.2) is 4.39 Å². The standard InChI is InChI=1S/C9H9ClFNO2/c1-14-8(11)7-4-5(10)2-3-6(7)9(12)13/h2-4,8H,1H3,(H2,12,13). The first kappa shape index (κ1) is 10.9. The number of primary amides is 1. The van der Waals surface area contributed by atoms with Gasteiger partial charge in [-0.2, -0.15) is 0 Å². The molecule has 0 heterocycles. The van der Waals surface area contributed by atoms with Gasteiger partial charge in [0.15, 0.2) is 0 Å². The summed E-state index contributed by atoms with van der Waals surface area (Å²) in [5, 5.41) is 0.324. The number of ether oxygens (including phenoxy) is 1. The molecule has 3 nitrogen and oxygen atoms in total. The summed E-state index contributed by atoms with van der Waals surface area (Å²) in [6.07, 6.45) is -1.70. The minimum Gasteiger partial charge on any atom is -0.366 e. The molecule has 2 N–H and O–H groups in total. The number of hydrogen-bond donors (Lipinski definition) is 1. The zero-order valence-corrected chi connectivity index (χ0v) is 8.22. The first-order valence-electron chi connectivity index (χ1n) is 3.82. The minimum atomic E-state index is -1.70.